The molecule has 4 heteroatoms. The van der Waals surface area contributed by atoms with Gasteiger partial charge in [0.25, 0.3) is 6.47 Å². The first kappa shape index (κ1) is 13.4. The monoisotopic (exact) mass is 287 g/mol. The summed E-state index contributed by atoms with van der Waals surface area (Å²) in [5, 5.41) is 1.14. The van der Waals surface area contributed by atoms with Gasteiger partial charge in [-0.2, -0.15) is 0 Å². The normalized spacial score (nSPS) is 15.3. The third kappa shape index (κ3) is 2.80. The summed E-state index contributed by atoms with van der Waals surface area (Å²) in [6.07, 6.45) is 4.38. The van der Waals surface area contributed by atoms with E-state index in [2.05, 4.69) is 23.2 Å². The molecule has 3 rings (SSSR count). The topological polar surface area (TPSA) is 39.2 Å². The Morgan fingerprint density at radius 2 is 2.15 bits per heavy atom. The number of ether oxygens (including phenoxy) is 1. The Kier molecular flexibility index (Phi) is 3.42. The number of carbonyl (C=O) groups excluding carboxylic acids is 1. The number of nitrogens with zero attached hydrogens (tertiary/aromatic N) is 1. The number of fused-ring (bicyclic) bond motifs is 1. The number of hydrogen-bond acceptors (Lipinski definition) is 4. The molecule has 0 bridgehead atoms. The quantitative estimate of drug-likeness (QED) is 0.471. The Bertz CT molecular complexity index is 650. The van der Waals surface area contributed by atoms with Gasteiger partial charge in [-0.1, -0.05) is 17.8 Å². The first-order valence-electron chi connectivity index (χ1n) is 6.78. The third-order valence-electron chi connectivity index (χ3n) is 3.46. The van der Waals surface area contributed by atoms with Crippen molar-refractivity contribution in [1.29, 1.82) is 0 Å². The number of thioether (sulfide) groups is 1. The highest BCUT2D eigenvalue weighted by atomic mass is 32.2. The van der Waals surface area contributed by atoms with Crippen LogP contribution < -0.4 is 0 Å². The van der Waals surface area contributed by atoms with Gasteiger partial charge in [0, 0.05) is 16.5 Å². The highest BCUT2D eigenvalue weighted by Crippen LogP contribution is 2.42. The minimum atomic E-state index is -0.578. The van der Waals surface area contributed by atoms with Crippen LogP contribution in [0.1, 0.15) is 38.2 Å². The molecule has 2 aromatic rings. The van der Waals surface area contributed by atoms with Crippen molar-refractivity contribution in [3.05, 3.63) is 36.0 Å². The van der Waals surface area contributed by atoms with Crippen LogP contribution in [0.3, 0.4) is 0 Å². The molecule has 0 aliphatic heterocycles. The number of aromatic nitrogens is 1. The molecule has 0 spiro atoms. The van der Waals surface area contributed by atoms with E-state index in [0.29, 0.717) is 6.47 Å². The van der Waals surface area contributed by atoms with E-state index in [1.54, 1.807) is 18.0 Å². The van der Waals surface area contributed by atoms with E-state index in [-0.39, 0.29) is 0 Å². The fraction of sp³-hybridized carbons (Fsp3) is 0.375. The van der Waals surface area contributed by atoms with E-state index >= 15 is 0 Å². The van der Waals surface area contributed by atoms with Crippen molar-refractivity contribution in [2.24, 2.45) is 0 Å². The highest BCUT2D eigenvalue weighted by Gasteiger charge is 2.25. The average Bonchev–Trinajstić information content (AvgIpc) is 3.22. The molecule has 1 saturated carbocycles. The zero-order valence-electron chi connectivity index (χ0n) is 11.6. The standard InChI is InChI=1S/C16H17NO2S/c1-16(2,19-10-18)20-15-7-8-17-14-6-5-12(9-13(14)15)11-3-4-11/h5-11H,3-4H2,1-2H3. The average molecular weight is 287 g/mol. The van der Waals surface area contributed by atoms with E-state index in [1.165, 1.54) is 18.4 Å². The van der Waals surface area contributed by atoms with Gasteiger partial charge in [-0.15, -0.1) is 0 Å². The summed E-state index contributed by atoms with van der Waals surface area (Å²) >= 11 is 1.55. The second-order valence-electron chi connectivity index (χ2n) is 5.58. The van der Waals surface area contributed by atoms with Crippen LogP contribution >= 0.6 is 11.8 Å². The highest BCUT2D eigenvalue weighted by molar-refractivity contribution is 8.00. The van der Waals surface area contributed by atoms with Gasteiger partial charge in [0.1, 0.15) is 0 Å². The van der Waals surface area contributed by atoms with Gasteiger partial charge in [0.05, 0.1) is 5.52 Å². The zero-order chi connectivity index (χ0) is 14.2. The van der Waals surface area contributed by atoms with Gasteiger partial charge < -0.3 is 4.74 Å². The van der Waals surface area contributed by atoms with Gasteiger partial charge >= 0.3 is 0 Å². The van der Waals surface area contributed by atoms with Gasteiger partial charge in [0.15, 0.2) is 4.93 Å². The fourth-order valence-corrected chi connectivity index (χ4v) is 3.32. The largest absolute Gasteiger partial charge is 0.450 e. The molecule has 0 atom stereocenters. The summed E-state index contributed by atoms with van der Waals surface area (Å²) in [6, 6.07) is 8.48. The molecule has 20 heavy (non-hydrogen) atoms. The van der Waals surface area contributed by atoms with Crippen LogP contribution in [-0.4, -0.2) is 16.4 Å². The van der Waals surface area contributed by atoms with E-state index in [9.17, 15) is 4.79 Å². The second kappa shape index (κ2) is 5.09. The summed E-state index contributed by atoms with van der Waals surface area (Å²) in [4.78, 5) is 15.5. The number of hydrogen-bond donors (Lipinski definition) is 0. The van der Waals surface area contributed by atoms with Crippen LogP contribution in [0.2, 0.25) is 0 Å². The summed E-state index contributed by atoms with van der Waals surface area (Å²) in [5.41, 5.74) is 2.38. The number of benzene rings is 1. The molecule has 0 amide bonds. The van der Waals surface area contributed by atoms with Crippen LogP contribution in [0.25, 0.3) is 10.9 Å². The van der Waals surface area contributed by atoms with Crippen molar-refractivity contribution >= 4 is 29.1 Å². The molecule has 0 radical (unpaired) electrons. The fourth-order valence-electron chi connectivity index (χ4n) is 2.30. The molecule has 1 aliphatic rings. The Morgan fingerprint density at radius 3 is 2.85 bits per heavy atom. The molecule has 1 aromatic heterocycles. The second-order valence-corrected chi connectivity index (χ2v) is 7.20. The number of carbonyl (C=O) groups is 1. The van der Waals surface area contributed by atoms with Crippen LogP contribution in [0.15, 0.2) is 35.4 Å². The molecular formula is C16H17NO2S. The van der Waals surface area contributed by atoms with Gasteiger partial charge in [-0.3, -0.25) is 9.78 Å². The molecule has 0 N–H and O–H groups in total. The van der Waals surface area contributed by atoms with Crippen LogP contribution in [0, 0.1) is 0 Å². The lowest BCUT2D eigenvalue weighted by Crippen LogP contribution is -2.18. The summed E-state index contributed by atoms with van der Waals surface area (Å²) in [7, 11) is 0. The molecule has 1 aliphatic carbocycles. The summed E-state index contributed by atoms with van der Waals surface area (Å²) < 4.78 is 5.13. The molecule has 0 saturated heterocycles. The van der Waals surface area contributed by atoms with Crippen molar-refractivity contribution in [1.82, 2.24) is 4.98 Å². The van der Waals surface area contributed by atoms with Crippen molar-refractivity contribution in [3.8, 4) is 0 Å². The van der Waals surface area contributed by atoms with Crippen molar-refractivity contribution in [3.63, 3.8) is 0 Å². The molecular weight excluding hydrogens is 270 g/mol. The van der Waals surface area contributed by atoms with E-state index in [1.807, 2.05) is 19.9 Å². The van der Waals surface area contributed by atoms with Crippen molar-refractivity contribution in [2.75, 3.05) is 0 Å². The number of pyridine rings is 1. The molecule has 0 unspecified atom stereocenters. The van der Waals surface area contributed by atoms with Gasteiger partial charge in [-0.25, -0.2) is 0 Å². The molecule has 3 nitrogen and oxygen atoms in total. The van der Waals surface area contributed by atoms with Crippen LogP contribution in [0.4, 0.5) is 0 Å². The molecule has 104 valence electrons. The number of rotatable bonds is 5. The van der Waals surface area contributed by atoms with E-state index in [0.717, 1.165) is 21.7 Å². The Hall–Kier alpha value is -1.55. The summed E-state index contributed by atoms with van der Waals surface area (Å²) in [6.45, 7) is 4.29. The van der Waals surface area contributed by atoms with E-state index < -0.39 is 4.93 Å². The summed E-state index contributed by atoms with van der Waals surface area (Å²) in [5.74, 6) is 0.719. The predicted octanol–water partition coefficient (Wildman–Crippen LogP) is 4.11. The Balaban J connectivity index is 2.00. The Morgan fingerprint density at radius 1 is 1.35 bits per heavy atom. The Labute approximate surface area is 122 Å². The van der Waals surface area contributed by atoms with Gasteiger partial charge in [0.2, 0.25) is 0 Å². The minimum absolute atomic E-state index is 0.506. The van der Waals surface area contributed by atoms with Gasteiger partial charge in [-0.05, 0) is 56.4 Å². The third-order valence-corrected chi connectivity index (χ3v) is 4.63. The predicted molar refractivity (Wildman–Crippen MR) is 80.8 cm³/mol. The van der Waals surface area contributed by atoms with Crippen molar-refractivity contribution in [2.45, 2.75) is 42.4 Å². The maximum atomic E-state index is 10.6. The van der Waals surface area contributed by atoms with E-state index in [4.69, 9.17) is 4.74 Å². The molecule has 1 aromatic carbocycles. The first-order chi connectivity index (χ1) is 9.59. The van der Waals surface area contributed by atoms with Crippen LogP contribution in [-0.2, 0) is 9.53 Å². The minimum Gasteiger partial charge on any atom is -0.450 e. The molecule has 1 fully saturated rings. The lowest BCUT2D eigenvalue weighted by molar-refractivity contribution is -0.133. The lowest BCUT2D eigenvalue weighted by Gasteiger charge is -2.22. The SMILES string of the molecule is CC(C)(OC=O)Sc1ccnc2ccc(C3CC3)cc12. The smallest absolute Gasteiger partial charge is 0.294 e. The van der Waals surface area contributed by atoms with Crippen LogP contribution in [0.5, 0.6) is 0 Å². The lowest BCUT2D eigenvalue weighted by atomic mass is 10.1. The molecule has 1 heterocycles. The first-order valence-corrected chi connectivity index (χ1v) is 7.60. The maximum Gasteiger partial charge on any atom is 0.294 e. The van der Waals surface area contributed by atoms with Crippen molar-refractivity contribution < 1.29 is 9.53 Å². The maximum absolute atomic E-state index is 10.6. The zero-order valence-corrected chi connectivity index (χ0v) is 12.4.